The van der Waals surface area contributed by atoms with Crippen molar-refractivity contribution in [3.63, 3.8) is 0 Å². The van der Waals surface area contributed by atoms with Crippen molar-refractivity contribution in [2.75, 3.05) is 38.6 Å². The van der Waals surface area contributed by atoms with Gasteiger partial charge >= 0.3 is 6.01 Å². The summed E-state index contributed by atoms with van der Waals surface area (Å²) in [6.45, 7) is 4.72. The van der Waals surface area contributed by atoms with Crippen LogP contribution in [0.4, 0.5) is 6.01 Å². The molecule has 2 aromatic rings. The number of benzene rings is 1. The molecule has 1 aliphatic rings. The fourth-order valence-corrected chi connectivity index (χ4v) is 3.08. The maximum Gasteiger partial charge on any atom is 0.315 e. The van der Waals surface area contributed by atoms with Gasteiger partial charge < -0.3 is 19.4 Å². The van der Waals surface area contributed by atoms with Crippen LogP contribution in [0.15, 0.2) is 34.7 Å². The van der Waals surface area contributed by atoms with Crippen LogP contribution >= 0.6 is 0 Å². The molecule has 6 heteroatoms. The van der Waals surface area contributed by atoms with Gasteiger partial charge in [-0.2, -0.15) is 0 Å². The SMILES string of the molecule is COCc1nnc(NCC2CCN(CCc3ccccc3)CC2)o1. The fourth-order valence-electron chi connectivity index (χ4n) is 3.08. The molecule has 0 saturated carbocycles. The molecule has 2 heterocycles. The van der Waals surface area contributed by atoms with Gasteiger partial charge in [0.05, 0.1) is 0 Å². The Labute approximate surface area is 143 Å². The van der Waals surface area contributed by atoms with Crippen LogP contribution < -0.4 is 5.32 Å². The number of nitrogens with zero attached hydrogens (tertiary/aromatic N) is 3. The molecule has 0 unspecified atom stereocenters. The minimum Gasteiger partial charge on any atom is -0.406 e. The predicted octanol–water partition coefficient (Wildman–Crippen LogP) is 2.58. The molecule has 1 saturated heterocycles. The van der Waals surface area contributed by atoms with Gasteiger partial charge in [-0.3, -0.25) is 0 Å². The molecule has 0 radical (unpaired) electrons. The Morgan fingerprint density at radius 2 is 2.00 bits per heavy atom. The number of anilines is 1. The van der Waals surface area contributed by atoms with Crippen molar-refractivity contribution in [2.24, 2.45) is 5.92 Å². The summed E-state index contributed by atoms with van der Waals surface area (Å²) in [5, 5.41) is 11.2. The zero-order chi connectivity index (χ0) is 16.6. The molecule has 0 amide bonds. The Hall–Kier alpha value is -1.92. The van der Waals surface area contributed by atoms with E-state index in [0.717, 1.165) is 32.6 Å². The van der Waals surface area contributed by atoms with E-state index in [1.54, 1.807) is 7.11 Å². The highest BCUT2D eigenvalue weighted by atomic mass is 16.5. The van der Waals surface area contributed by atoms with Crippen LogP contribution in [0.3, 0.4) is 0 Å². The number of hydrogen-bond donors (Lipinski definition) is 1. The first-order chi connectivity index (χ1) is 11.8. The summed E-state index contributed by atoms with van der Waals surface area (Å²) < 4.78 is 10.4. The van der Waals surface area contributed by atoms with Crippen molar-refractivity contribution in [1.29, 1.82) is 0 Å². The number of piperidine rings is 1. The van der Waals surface area contributed by atoms with Crippen molar-refractivity contribution in [1.82, 2.24) is 15.1 Å². The number of methoxy groups -OCH3 is 1. The van der Waals surface area contributed by atoms with E-state index in [2.05, 4.69) is 50.7 Å². The van der Waals surface area contributed by atoms with E-state index in [0.29, 0.717) is 24.4 Å². The summed E-state index contributed by atoms with van der Waals surface area (Å²) >= 11 is 0. The van der Waals surface area contributed by atoms with Crippen LogP contribution in [0.1, 0.15) is 24.3 Å². The zero-order valence-electron chi connectivity index (χ0n) is 14.3. The molecule has 3 rings (SSSR count). The topological polar surface area (TPSA) is 63.4 Å². The lowest BCUT2D eigenvalue weighted by molar-refractivity contribution is 0.160. The normalized spacial score (nSPS) is 16.4. The summed E-state index contributed by atoms with van der Waals surface area (Å²) in [7, 11) is 1.61. The maximum atomic E-state index is 5.46. The second kappa shape index (κ2) is 8.80. The molecule has 1 aromatic heterocycles. The quantitative estimate of drug-likeness (QED) is 0.803. The highest BCUT2D eigenvalue weighted by Crippen LogP contribution is 2.18. The highest BCUT2D eigenvalue weighted by Gasteiger charge is 2.19. The van der Waals surface area contributed by atoms with Crippen molar-refractivity contribution >= 4 is 6.01 Å². The standard InChI is InChI=1S/C18H26N4O2/c1-23-14-17-20-21-18(24-17)19-13-16-8-11-22(12-9-16)10-7-15-5-3-2-4-6-15/h2-6,16H,7-14H2,1H3,(H,19,21). The molecule has 1 fully saturated rings. The summed E-state index contributed by atoms with van der Waals surface area (Å²) in [5.41, 5.74) is 1.42. The summed E-state index contributed by atoms with van der Waals surface area (Å²) in [4.78, 5) is 2.56. The van der Waals surface area contributed by atoms with E-state index >= 15 is 0 Å². The lowest BCUT2D eigenvalue weighted by Crippen LogP contribution is -2.37. The minimum absolute atomic E-state index is 0.356. The second-order valence-corrected chi connectivity index (χ2v) is 6.34. The number of aromatic nitrogens is 2. The van der Waals surface area contributed by atoms with Gasteiger partial charge in [0.2, 0.25) is 5.89 Å². The van der Waals surface area contributed by atoms with Gasteiger partial charge in [0.15, 0.2) is 0 Å². The van der Waals surface area contributed by atoms with Crippen molar-refractivity contribution in [2.45, 2.75) is 25.9 Å². The number of rotatable bonds is 8. The van der Waals surface area contributed by atoms with E-state index in [9.17, 15) is 0 Å². The summed E-state index contributed by atoms with van der Waals surface area (Å²) in [6.07, 6.45) is 3.55. The van der Waals surface area contributed by atoms with E-state index < -0.39 is 0 Å². The number of hydrogen-bond acceptors (Lipinski definition) is 6. The second-order valence-electron chi connectivity index (χ2n) is 6.34. The van der Waals surface area contributed by atoms with E-state index in [4.69, 9.17) is 9.15 Å². The van der Waals surface area contributed by atoms with Gasteiger partial charge in [-0.05, 0) is 43.8 Å². The van der Waals surface area contributed by atoms with Gasteiger partial charge in [0, 0.05) is 20.2 Å². The van der Waals surface area contributed by atoms with Gasteiger partial charge in [-0.25, -0.2) is 0 Å². The molecule has 24 heavy (non-hydrogen) atoms. The fraction of sp³-hybridized carbons (Fsp3) is 0.556. The van der Waals surface area contributed by atoms with E-state index in [-0.39, 0.29) is 0 Å². The monoisotopic (exact) mass is 330 g/mol. The van der Waals surface area contributed by atoms with Crippen LogP contribution in [0.5, 0.6) is 0 Å². The Bertz CT molecular complexity index is 594. The molecule has 0 aliphatic carbocycles. The van der Waals surface area contributed by atoms with Gasteiger partial charge in [-0.1, -0.05) is 35.4 Å². The molecule has 0 spiro atoms. The van der Waals surface area contributed by atoms with Crippen LogP contribution in [-0.4, -0.2) is 48.4 Å². The molecule has 0 bridgehead atoms. The van der Waals surface area contributed by atoms with Crippen LogP contribution in [0.25, 0.3) is 0 Å². The first-order valence-corrected chi connectivity index (χ1v) is 8.65. The van der Waals surface area contributed by atoms with Crippen LogP contribution in [-0.2, 0) is 17.8 Å². The van der Waals surface area contributed by atoms with E-state index in [1.807, 2.05) is 0 Å². The molecular formula is C18H26N4O2. The Morgan fingerprint density at radius 1 is 1.21 bits per heavy atom. The Kier molecular flexibility index (Phi) is 6.20. The van der Waals surface area contributed by atoms with Crippen molar-refractivity contribution in [3.8, 4) is 0 Å². The molecule has 1 N–H and O–H groups in total. The van der Waals surface area contributed by atoms with Crippen LogP contribution in [0.2, 0.25) is 0 Å². The van der Waals surface area contributed by atoms with Gasteiger partial charge in [0.1, 0.15) is 6.61 Å². The average molecular weight is 330 g/mol. The van der Waals surface area contributed by atoms with Crippen LogP contribution in [0, 0.1) is 5.92 Å². The zero-order valence-corrected chi connectivity index (χ0v) is 14.3. The molecule has 1 aromatic carbocycles. The first-order valence-electron chi connectivity index (χ1n) is 8.65. The minimum atomic E-state index is 0.356. The summed E-state index contributed by atoms with van der Waals surface area (Å²) in [5.74, 6) is 1.17. The molecule has 130 valence electrons. The third-order valence-electron chi connectivity index (χ3n) is 4.54. The molecule has 0 atom stereocenters. The highest BCUT2D eigenvalue weighted by molar-refractivity contribution is 5.17. The number of ether oxygens (including phenoxy) is 1. The Balaban J connectivity index is 1.34. The largest absolute Gasteiger partial charge is 0.406 e. The van der Waals surface area contributed by atoms with Crippen molar-refractivity contribution in [3.05, 3.63) is 41.8 Å². The maximum absolute atomic E-state index is 5.46. The number of likely N-dealkylation sites (tertiary alicyclic amines) is 1. The average Bonchev–Trinajstić information content (AvgIpc) is 3.08. The summed E-state index contributed by atoms with van der Waals surface area (Å²) in [6, 6.07) is 11.2. The molecule has 6 nitrogen and oxygen atoms in total. The van der Waals surface area contributed by atoms with Gasteiger partial charge in [0.25, 0.3) is 0 Å². The van der Waals surface area contributed by atoms with Crippen molar-refractivity contribution < 1.29 is 9.15 Å². The smallest absolute Gasteiger partial charge is 0.315 e. The third-order valence-corrected chi connectivity index (χ3v) is 4.54. The van der Waals surface area contributed by atoms with Gasteiger partial charge in [-0.15, -0.1) is 5.10 Å². The Morgan fingerprint density at radius 3 is 2.75 bits per heavy atom. The number of nitrogens with one attached hydrogen (secondary N) is 1. The predicted molar refractivity (Wildman–Crippen MR) is 92.8 cm³/mol. The molecular weight excluding hydrogens is 304 g/mol. The molecule has 1 aliphatic heterocycles. The lowest BCUT2D eigenvalue weighted by Gasteiger charge is -2.31. The first kappa shape index (κ1) is 16.9. The third kappa shape index (κ3) is 5.04. The lowest BCUT2D eigenvalue weighted by atomic mass is 9.96. The van der Waals surface area contributed by atoms with E-state index in [1.165, 1.54) is 18.4 Å².